The van der Waals surface area contributed by atoms with E-state index in [0.29, 0.717) is 24.4 Å². The van der Waals surface area contributed by atoms with Crippen LogP contribution in [0.1, 0.15) is 17.4 Å². The van der Waals surface area contributed by atoms with E-state index in [-0.39, 0.29) is 29.4 Å². The maximum absolute atomic E-state index is 13.2. The van der Waals surface area contributed by atoms with Crippen LogP contribution in [0.25, 0.3) is 23.0 Å². The lowest BCUT2D eigenvalue weighted by Crippen LogP contribution is -2.21. The van der Waals surface area contributed by atoms with Gasteiger partial charge in [0.05, 0.1) is 18.8 Å². The minimum Gasteiger partial charge on any atom is -0.406 e. The summed E-state index contributed by atoms with van der Waals surface area (Å²) < 4.78 is 66.8. The van der Waals surface area contributed by atoms with Crippen LogP contribution in [0.2, 0.25) is 0 Å². The lowest BCUT2D eigenvalue weighted by atomic mass is 10.1. The number of fused-ring (bicyclic) bond motifs is 1. The van der Waals surface area contributed by atoms with Crippen LogP contribution in [0, 0.1) is 5.82 Å². The summed E-state index contributed by atoms with van der Waals surface area (Å²) in [5.41, 5.74) is 2.55. The van der Waals surface area contributed by atoms with Gasteiger partial charge in [0.25, 0.3) is 5.89 Å². The fourth-order valence-electron chi connectivity index (χ4n) is 3.36. The molecule has 32 heavy (non-hydrogen) atoms. The molecule has 5 rings (SSSR count). The van der Waals surface area contributed by atoms with Crippen molar-refractivity contribution >= 4 is 0 Å². The number of nitrogens with zero attached hydrogens (tertiary/aromatic N) is 4. The molecule has 0 amide bonds. The smallest absolute Gasteiger partial charge is 0.406 e. The number of rotatable bonds is 4. The van der Waals surface area contributed by atoms with Crippen LogP contribution in [0.5, 0.6) is 5.75 Å². The quantitative estimate of drug-likeness (QED) is 0.415. The molecule has 0 saturated heterocycles. The van der Waals surface area contributed by atoms with E-state index in [0.717, 1.165) is 11.3 Å². The van der Waals surface area contributed by atoms with Gasteiger partial charge in [0.1, 0.15) is 17.7 Å². The van der Waals surface area contributed by atoms with E-state index in [1.165, 1.54) is 36.4 Å². The first kappa shape index (κ1) is 20.2. The molecular formula is C21H14F4N4O3. The summed E-state index contributed by atoms with van der Waals surface area (Å²) >= 11 is 0. The third-order valence-electron chi connectivity index (χ3n) is 4.87. The van der Waals surface area contributed by atoms with Crippen molar-refractivity contribution in [1.29, 1.82) is 0 Å². The van der Waals surface area contributed by atoms with Crippen molar-refractivity contribution < 1.29 is 31.6 Å². The molecule has 0 bridgehead atoms. The van der Waals surface area contributed by atoms with E-state index in [4.69, 9.17) is 9.26 Å². The van der Waals surface area contributed by atoms with Gasteiger partial charge in [-0.1, -0.05) is 17.3 Å². The summed E-state index contributed by atoms with van der Waals surface area (Å²) in [7, 11) is 0. The van der Waals surface area contributed by atoms with Crippen molar-refractivity contribution in [3.63, 3.8) is 0 Å². The average molecular weight is 446 g/mol. The second-order valence-corrected chi connectivity index (χ2v) is 7.05. The number of hydrogen-bond acceptors (Lipinski definition) is 6. The minimum absolute atomic E-state index is 0.163. The lowest BCUT2D eigenvalue weighted by Gasteiger charge is -2.24. The lowest BCUT2D eigenvalue weighted by molar-refractivity contribution is -0.274. The molecule has 3 heterocycles. The van der Waals surface area contributed by atoms with E-state index in [1.807, 2.05) is 0 Å². The third kappa shape index (κ3) is 4.19. The van der Waals surface area contributed by atoms with Crippen molar-refractivity contribution in [3.8, 4) is 28.7 Å². The largest absolute Gasteiger partial charge is 0.573 e. The van der Waals surface area contributed by atoms with Gasteiger partial charge in [-0.2, -0.15) is 10.1 Å². The van der Waals surface area contributed by atoms with Crippen molar-refractivity contribution in [2.75, 3.05) is 0 Å². The van der Waals surface area contributed by atoms with E-state index < -0.39 is 6.36 Å². The van der Waals surface area contributed by atoms with Gasteiger partial charge in [0.15, 0.2) is 5.69 Å². The number of halogens is 4. The van der Waals surface area contributed by atoms with Crippen molar-refractivity contribution in [2.45, 2.75) is 25.6 Å². The molecule has 1 aliphatic heterocycles. The van der Waals surface area contributed by atoms with Gasteiger partial charge in [-0.25, -0.2) is 4.39 Å². The van der Waals surface area contributed by atoms with Crippen LogP contribution >= 0.6 is 0 Å². The molecule has 2 aromatic carbocycles. The fourth-order valence-corrected chi connectivity index (χ4v) is 3.36. The predicted molar refractivity (Wildman–Crippen MR) is 102 cm³/mol. The molecule has 1 unspecified atom stereocenters. The Morgan fingerprint density at radius 2 is 1.78 bits per heavy atom. The van der Waals surface area contributed by atoms with Crippen LogP contribution in [0.15, 0.2) is 59.1 Å². The predicted octanol–water partition coefficient (Wildman–Crippen LogP) is 4.91. The molecule has 0 fully saturated rings. The van der Waals surface area contributed by atoms with Gasteiger partial charge in [0.2, 0.25) is 5.82 Å². The molecule has 0 spiro atoms. The third-order valence-corrected chi connectivity index (χ3v) is 4.87. The van der Waals surface area contributed by atoms with Gasteiger partial charge >= 0.3 is 6.36 Å². The Bertz CT molecular complexity index is 1230. The number of ether oxygens (including phenoxy) is 2. The Kier molecular flexibility index (Phi) is 4.89. The first-order valence-electron chi connectivity index (χ1n) is 9.48. The zero-order valence-corrected chi connectivity index (χ0v) is 16.2. The maximum atomic E-state index is 13.2. The normalized spacial score (nSPS) is 16.1. The maximum Gasteiger partial charge on any atom is 0.573 e. The molecule has 0 aliphatic carbocycles. The summed E-state index contributed by atoms with van der Waals surface area (Å²) in [5.74, 6) is -0.301. The highest BCUT2D eigenvalue weighted by Crippen LogP contribution is 2.30. The number of aromatic nitrogens is 4. The molecule has 2 aromatic heterocycles. The Morgan fingerprint density at radius 3 is 2.50 bits per heavy atom. The average Bonchev–Trinajstić information content (AvgIpc) is 3.40. The van der Waals surface area contributed by atoms with Crippen molar-refractivity contribution in [2.24, 2.45) is 0 Å². The highest BCUT2D eigenvalue weighted by Gasteiger charge is 2.31. The van der Waals surface area contributed by atoms with E-state index in [2.05, 4.69) is 20.0 Å². The van der Waals surface area contributed by atoms with Gasteiger partial charge in [-0.05, 0) is 48.0 Å². The molecule has 1 aliphatic rings. The Balaban J connectivity index is 1.33. The van der Waals surface area contributed by atoms with Crippen molar-refractivity contribution in [3.05, 3.63) is 71.7 Å². The number of hydrogen-bond donors (Lipinski definition) is 0. The van der Waals surface area contributed by atoms with Crippen LogP contribution in [-0.2, 0) is 17.9 Å². The SMILES string of the molecule is Fc1ccc(C2Cn3nc(-c4nc(-c5ccc(OC(F)(F)F)cc5)no4)cc3CO2)cc1. The molecule has 11 heteroatoms. The Hall–Kier alpha value is -3.73. The van der Waals surface area contributed by atoms with Gasteiger partial charge < -0.3 is 14.0 Å². The van der Waals surface area contributed by atoms with Crippen LogP contribution in [0.3, 0.4) is 0 Å². The second-order valence-electron chi connectivity index (χ2n) is 7.05. The first-order valence-corrected chi connectivity index (χ1v) is 9.48. The number of benzene rings is 2. The summed E-state index contributed by atoms with van der Waals surface area (Å²) in [6, 6.07) is 13.0. The second kappa shape index (κ2) is 7.75. The van der Waals surface area contributed by atoms with E-state index in [1.54, 1.807) is 22.9 Å². The van der Waals surface area contributed by atoms with Gasteiger partial charge in [-0.3, -0.25) is 4.68 Å². The molecule has 0 N–H and O–H groups in total. The summed E-state index contributed by atoms with van der Waals surface area (Å²) in [6.45, 7) is 0.735. The van der Waals surface area contributed by atoms with Crippen LogP contribution in [0.4, 0.5) is 17.6 Å². The molecule has 0 saturated carbocycles. The van der Waals surface area contributed by atoms with Crippen molar-refractivity contribution in [1.82, 2.24) is 19.9 Å². The van der Waals surface area contributed by atoms with Gasteiger partial charge in [0, 0.05) is 5.56 Å². The molecule has 7 nitrogen and oxygen atoms in total. The molecule has 4 aromatic rings. The molecule has 0 radical (unpaired) electrons. The van der Waals surface area contributed by atoms with Crippen LogP contribution < -0.4 is 4.74 Å². The highest BCUT2D eigenvalue weighted by atomic mass is 19.4. The van der Waals surface area contributed by atoms with Crippen LogP contribution in [-0.4, -0.2) is 26.3 Å². The molecule has 164 valence electrons. The van der Waals surface area contributed by atoms with Gasteiger partial charge in [-0.15, -0.1) is 13.2 Å². The number of alkyl halides is 3. The monoisotopic (exact) mass is 446 g/mol. The standard InChI is InChI=1S/C21H14F4N4O3/c22-14-5-1-12(2-6-14)18-10-29-15(11-30-18)9-17(27-29)20-26-19(28-32-20)13-3-7-16(8-4-13)31-21(23,24)25/h1-9,18H,10-11H2. The van der Waals surface area contributed by atoms with E-state index in [9.17, 15) is 17.6 Å². The Labute approximate surface area is 178 Å². The Morgan fingerprint density at radius 1 is 1.03 bits per heavy atom. The molecular weight excluding hydrogens is 432 g/mol. The fraction of sp³-hybridized carbons (Fsp3) is 0.190. The summed E-state index contributed by atoms with van der Waals surface area (Å²) in [4.78, 5) is 4.29. The summed E-state index contributed by atoms with van der Waals surface area (Å²) in [5, 5.41) is 8.38. The zero-order valence-electron chi connectivity index (χ0n) is 16.2. The summed E-state index contributed by atoms with van der Waals surface area (Å²) in [6.07, 6.45) is -5.04. The minimum atomic E-state index is -4.76. The first-order chi connectivity index (χ1) is 15.3. The topological polar surface area (TPSA) is 75.2 Å². The van der Waals surface area contributed by atoms with E-state index >= 15 is 0 Å². The highest BCUT2D eigenvalue weighted by molar-refractivity contribution is 5.59. The zero-order chi connectivity index (χ0) is 22.3. The molecule has 1 atom stereocenters.